The maximum atomic E-state index is 1.74. The Kier molecular flexibility index (Phi) is 2.93. The van der Waals surface area contributed by atoms with Crippen molar-refractivity contribution in [3.63, 3.8) is 0 Å². The lowest BCUT2D eigenvalue weighted by Gasteiger charge is -2.52. The molecular weight excluding hydrogens is 196 g/mol. The molecule has 0 atom stereocenters. The highest BCUT2D eigenvalue weighted by atomic mass is 28.3. The predicted molar refractivity (Wildman–Crippen MR) is 69.0 cm³/mol. The van der Waals surface area contributed by atoms with Crippen molar-refractivity contribution < 1.29 is 0 Å². The summed E-state index contributed by atoms with van der Waals surface area (Å²) in [6.45, 7) is 0. The molecule has 0 aromatic carbocycles. The molecule has 1 heterocycles. The highest BCUT2D eigenvalue weighted by Gasteiger charge is 2.50. The van der Waals surface area contributed by atoms with Crippen LogP contribution in [0.4, 0.5) is 0 Å². The molecule has 2 saturated carbocycles. The normalized spacial score (nSPS) is 32.8. The summed E-state index contributed by atoms with van der Waals surface area (Å²) >= 11 is 0. The van der Waals surface area contributed by atoms with Gasteiger partial charge in [0.1, 0.15) is 0 Å². The van der Waals surface area contributed by atoms with Crippen LogP contribution in [0.2, 0.25) is 23.2 Å². The fourth-order valence-electron chi connectivity index (χ4n) is 4.50. The lowest BCUT2D eigenvalue weighted by molar-refractivity contribution is 0.424. The highest BCUT2D eigenvalue weighted by molar-refractivity contribution is 6.83. The van der Waals surface area contributed by atoms with Gasteiger partial charge in [-0.15, -0.1) is 0 Å². The van der Waals surface area contributed by atoms with Crippen LogP contribution in [-0.2, 0) is 0 Å². The molecule has 0 N–H and O–H groups in total. The van der Waals surface area contributed by atoms with E-state index in [1.54, 1.807) is 76.3 Å². The third kappa shape index (κ3) is 1.71. The first-order chi connectivity index (χ1) is 7.42. The Morgan fingerprint density at radius 3 is 1.33 bits per heavy atom. The highest BCUT2D eigenvalue weighted by Crippen LogP contribution is 2.58. The summed E-state index contributed by atoms with van der Waals surface area (Å²) in [6, 6.07) is 3.48. The Hall–Kier alpha value is 0.217. The lowest BCUT2D eigenvalue weighted by Crippen LogP contribution is -2.48. The van der Waals surface area contributed by atoms with Crippen molar-refractivity contribution in [2.24, 2.45) is 0 Å². The van der Waals surface area contributed by atoms with Crippen molar-refractivity contribution >= 4 is 8.07 Å². The van der Waals surface area contributed by atoms with Gasteiger partial charge in [-0.2, -0.15) is 0 Å². The van der Waals surface area contributed by atoms with E-state index in [4.69, 9.17) is 0 Å². The summed E-state index contributed by atoms with van der Waals surface area (Å²) in [5.41, 5.74) is 2.58. The molecule has 2 aliphatic carbocycles. The van der Waals surface area contributed by atoms with Crippen molar-refractivity contribution in [1.82, 2.24) is 0 Å². The van der Waals surface area contributed by atoms with Crippen molar-refractivity contribution in [3.8, 4) is 0 Å². The lowest BCUT2D eigenvalue weighted by atomic mass is 9.98. The van der Waals surface area contributed by atoms with Gasteiger partial charge in [0, 0.05) is 0 Å². The quantitative estimate of drug-likeness (QED) is 0.569. The molecule has 0 amide bonds. The van der Waals surface area contributed by atoms with Crippen LogP contribution in [0.1, 0.15) is 64.2 Å². The predicted octanol–water partition coefficient (Wildman–Crippen LogP) is 5.12. The van der Waals surface area contributed by atoms with Crippen LogP contribution in [0.25, 0.3) is 0 Å². The van der Waals surface area contributed by atoms with Crippen molar-refractivity contribution in [1.29, 1.82) is 0 Å². The van der Waals surface area contributed by atoms with E-state index in [2.05, 4.69) is 0 Å². The molecule has 0 nitrogen and oxygen atoms in total. The van der Waals surface area contributed by atoms with Gasteiger partial charge in [-0.3, -0.25) is 0 Å². The molecule has 0 unspecified atom stereocenters. The monoisotopic (exact) mass is 222 g/mol. The number of hydrogen-bond acceptors (Lipinski definition) is 0. The molecule has 0 aromatic heterocycles. The smallest absolute Gasteiger partial charge is 0.0567 e. The summed E-state index contributed by atoms with van der Waals surface area (Å²) in [6.07, 6.45) is 16.1. The summed E-state index contributed by atoms with van der Waals surface area (Å²) in [5, 5.41) is 0. The van der Waals surface area contributed by atoms with E-state index in [1.165, 1.54) is 11.1 Å². The van der Waals surface area contributed by atoms with Gasteiger partial charge in [0.05, 0.1) is 8.07 Å². The summed E-state index contributed by atoms with van der Waals surface area (Å²) in [7, 11) is -0.766. The van der Waals surface area contributed by atoms with Crippen LogP contribution in [-0.4, -0.2) is 8.07 Å². The minimum atomic E-state index is -0.766. The molecule has 3 fully saturated rings. The van der Waals surface area contributed by atoms with Crippen molar-refractivity contribution in [2.45, 2.75) is 87.4 Å². The van der Waals surface area contributed by atoms with E-state index in [0.717, 1.165) is 0 Å². The summed E-state index contributed by atoms with van der Waals surface area (Å²) in [4.78, 5) is 0. The van der Waals surface area contributed by atoms with Crippen LogP contribution in [0.5, 0.6) is 0 Å². The third-order valence-corrected chi connectivity index (χ3v) is 12.8. The Morgan fingerprint density at radius 2 is 1.00 bits per heavy atom. The van der Waals surface area contributed by atoms with Gasteiger partial charge in [0.15, 0.2) is 0 Å². The number of rotatable bonds is 2. The zero-order chi connectivity index (χ0) is 10.1. The van der Waals surface area contributed by atoms with E-state index in [0.29, 0.717) is 0 Å². The van der Waals surface area contributed by atoms with Gasteiger partial charge >= 0.3 is 0 Å². The van der Waals surface area contributed by atoms with E-state index >= 15 is 0 Å². The maximum Gasteiger partial charge on any atom is 0.0598 e. The van der Waals surface area contributed by atoms with E-state index in [1.807, 2.05) is 0 Å². The van der Waals surface area contributed by atoms with E-state index in [-0.39, 0.29) is 0 Å². The first kappa shape index (κ1) is 10.4. The average Bonchev–Trinajstić information content (AvgIpc) is 2.24. The van der Waals surface area contributed by atoms with Crippen LogP contribution in [0.3, 0.4) is 0 Å². The molecule has 0 aromatic rings. The second kappa shape index (κ2) is 4.23. The summed E-state index contributed by atoms with van der Waals surface area (Å²) < 4.78 is 0. The van der Waals surface area contributed by atoms with E-state index in [9.17, 15) is 0 Å². The molecule has 3 aliphatic rings. The largest absolute Gasteiger partial charge is 0.0598 e. The van der Waals surface area contributed by atoms with E-state index < -0.39 is 8.07 Å². The molecule has 0 radical (unpaired) electrons. The minimum Gasteiger partial charge on any atom is -0.0567 e. The van der Waals surface area contributed by atoms with Gasteiger partial charge in [0.25, 0.3) is 0 Å². The molecule has 86 valence electrons. The van der Waals surface area contributed by atoms with Gasteiger partial charge in [-0.05, 0) is 11.1 Å². The SMILES string of the molecule is C1CCC[Si](C2CCC2)(C2CCC2)CC1. The zero-order valence-corrected chi connectivity index (χ0v) is 11.1. The standard InChI is InChI=1S/C14H26Si/c1-2-4-12-15(11-3-1,13-7-5-8-13)14-9-6-10-14/h13-14H,1-12H2. The first-order valence-electron chi connectivity index (χ1n) is 7.42. The minimum absolute atomic E-state index is 0.766. The molecule has 15 heavy (non-hydrogen) atoms. The first-order valence-corrected chi connectivity index (χ1v) is 9.99. The molecule has 3 rings (SSSR count). The Balaban J connectivity index is 1.77. The molecule has 0 bridgehead atoms. The zero-order valence-electron chi connectivity index (χ0n) is 10.1. The van der Waals surface area contributed by atoms with Crippen LogP contribution >= 0.6 is 0 Å². The average molecular weight is 222 g/mol. The molecule has 1 saturated heterocycles. The molecule has 0 spiro atoms. The molecular formula is C14H26Si. The Morgan fingerprint density at radius 1 is 0.533 bits per heavy atom. The van der Waals surface area contributed by atoms with Crippen molar-refractivity contribution in [3.05, 3.63) is 0 Å². The van der Waals surface area contributed by atoms with Gasteiger partial charge in [0.2, 0.25) is 0 Å². The third-order valence-electron chi connectivity index (χ3n) is 5.87. The Labute approximate surface area is 95.8 Å². The fraction of sp³-hybridized carbons (Fsp3) is 1.00. The van der Waals surface area contributed by atoms with Crippen LogP contribution < -0.4 is 0 Å². The van der Waals surface area contributed by atoms with Gasteiger partial charge < -0.3 is 0 Å². The second-order valence-electron chi connectivity index (χ2n) is 6.40. The maximum absolute atomic E-state index is 1.74. The van der Waals surface area contributed by atoms with Gasteiger partial charge in [-0.1, -0.05) is 76.3 Å². The fourth-order valence-corrected chi connectivity index (χ4v) is 12.0. The topological polar surface area (TPSA) is 0 Å². The Bertz CT molecular complexity index is 191. The second-order valence-corrected chi connectivity index (χ2v) is 11.5. The van der Waals surface area contributed by atoms with Crippen molar-refractivity contribution in [2.75, 3.05) is 0 Å². The molecule has 1 heteroatoms. The van der Waals surface area contributed by atoms with Gasteiger partial charge in [-0.25, -0.2) is 0 Å². The summed E-state index contributed by atoms with van der Waals surface area (Å²) in [5.74, 6) is 0. The van der Waals surface area contributed by atoms with Crippen LogP contribution in [0, 0.1) is 0 Å². The van der Waals surface area contributed by atoms with Crippen LogP contribution in [0.15, 0.2) is 0 Å². The number of hydrogen-bond donors (Lipinski definition) is 0. The molecule has 1 aliphatic heterocycles.